The fourth-order valence-electron chi connectivity index (χ4n) is 2.17. The molecular formula is C16H46N12O12S6. The zero-order valence-electron chi connectivity index (χ0n) is 24.5. The molecule has 0 aliphatic rings. The van der Waals surface area contributed by atoms with Crippen LogP contribution in [0.4, 0.5) is 0 Å². The Morgan fingerprint density at radius 3 is 0.761 bits per heavy atom. The molecule has 0 aliphatic carbocycles. The van der Waals surface area contributed by atoms with Crippen molar-refractivity contribution in [1.82, 2.24) is 0 Å². The maximum Gasteiger partial charge on any atom is 0.336 e. The number of hydrogen-bond acceptors (Lipinski definition) is 14. The standard InChI is InChI=1S/C12H26O12S6.4CH5N3/c13-27(14,15)7-1-3-11(5-9-29(19,20)21)25-26-12(6-10-30(22,23)24)4-2-8-28(16,17)18;4*2-1(3)4/h11-12H,1-10H2,(H,13,14,15)(H,16,17,18)(H,19,20,21)(H,22,23,24);4*(H5,2,3,4). The zero-order chi connectivity index (χ0) is 37.9. The minimum atomic E-state index is -4.55. The van der Waals surface area contributed by atoms with Gasteiger partial charge in [-0.1, -0.05) is 21.6 Å². The summed E-state index contributed by atoms with van der Waals surface area (Å²) in [6, 6.07) is 0. The van der Waals surface area contributed by atoms with E-state index in [1.807, 2.05) is 0 Å². The van der Waals surface area contributed by atoms with Crippen molar-refractivity contribution in [3.05, 3.63) is 0 Å². The van der Waals surface area contributed by atoms with Crippen molar-refractivity contribution in [3.63, 3.8) is 0 Å². The van der Waals surface area contributed by atoms with Crippen molar-refractivity contribution in [2.75, 3.05) is 23.0 Å². The second-order valence-electron chi connectivity index (χ2n) is 8.35. The van der Waals surface area contributed by atoms with E-state index in [-0.39, 0.29) is 62.4 Å². The van der Waals surface area contributed by atoms with E-state index >= 15 is 0 Å². The van der Waals surface area contributed by atoms with Crippen LogP contribution in [0.25, 0.3) is 0 Å². The van der Waals surface area contributed by atoms with E-state index in [1.165, 1.54) is 0 Å². The van der Waals surface area contributed by atoms with Crippen molar-refractivity contribution >= 4 is 85.9 Å². The topological polar surface area (TPSA) is 539 Å². The molecule has 0 aromatic heterocycles. The third-order valence-corrected chi connectivity index (χ3v) is 10.2. The molecule has 24 nitrogen and oxygen atoms in total. The summed E-state index contributed by atoms with van der Waals surface area (Å²) >= 11 is 0. The second kappa shape index (κ2) is 27.5. The molecule has 0 fully saturated rings. The van der Waals surface area contributed by atoms with Crippen molar-refractivity contribution in [3.8, 4) is 0 Å². The minimum Gasteiger partial charge on any atom is -0.748 e. The first-order valence-corrected chi connectivity index (χ1v) is 20.5. The van der Waals surface area contributed by atoms with E-state index in [9.17, 15) is 51.9 Å². The molecule has 0 bridgehead atoms. The van der Waals surface area contributed by atoms with Gasteiger partial charge in [0.05, 0.1) is 40.5 Å². The molecule has 0 saturated carbocycles. The molecule has 2 unspecified atom stereocenters. The normalized spacial score (nSPS) is 12.3. The molecule has 46 heavy (non-hydrogen) atoms. The van der Waals surface area contributed by atoms with Gasteiger partial charge in [0.25, 0.3) is 0 Å². The van der Waals surface area contributed by atoms with Crippen LogP contribution >= 0.6 is 21.6 Å². The number of hydrogen-bond donors (Lipinski definition) is 12. The van der Waals surface area contributed by atoms with Gasteiger partial charge in [-0.05, 0) is 38.5 Å². The highest BCUT2D eigenvalue weighted by Gasteiger charge is 2.18. The molecule has 24 N–H and O–H groups in total. The number of nitrogens with two attached hydrogens (primary N) is 12. The SMILES string of the molecule is NC(N)=[NH2+].NC(N)=[NH2+].NC(N)=[NH2+].NC(N)=[NH2+].O=S(=O)([O-])CCCC(CCS(=O)(=O)[O-])SSC(CCCS(=O)(=O)[O-])CCS(=O)(=O)[O-]. The van der Waals surface area contributed by atoms with Gasteiger partial charge in [-0.3, -0.25) is 67.5 Å². The summed E-state index contributed by atoms with van der Waals surface area (Å²) in [7, 11) is -16.0. The lowest BCUT2D eigenvalue weighted by Crippen LogP contribution is -2.51. The van der Waals surface area contributed by atoms with Gasteiger partial charge in [0.1, 0.15) is 0 Å². The maximum atomic E-state index is 10.8. The van der Waals surface area contributed by atoms with Crippen LogP contribution in [0.5, 0.6) is 0 Å². The Hall–Kier alpha value is -2.58. The average Bonchev–Trinajstić information content (AvgIpc) is 2.74. The molecule has 0 radical (unpaired) electrons. The van der Waals surface area contributed by atoms with Crippen LogP contribution in [0.15, 0.2) is 0 Å². The minimum absolute atomic E-state index is 0.0795. The third-order valence-electron chi connectivity index (χ3n) is 3.55. The monoisotopic (exact) mass is 790 g/mol. The van der Waals surface area contributed by atoms with Gasteiger partial charge in [-0.15, -0.1) is 0 Å². The first kappa shape index (κ1) is 52.9. The molecule has 0 spiro atoms. The van der Waals surface area contributed by atoms with E-state index in [2.05, 4.69) is 67.5 Å². The van der Waals surface area contributed by atoms with Crippen LogP contribution in [0.1, 0.15) is 38.5 Å². The molecule has 0 heterocycles. The molecule has 2 atom stereocenters. The summed E-state index contributed by atoms with van der Waals surface area (Å²) in [5.74, 6) is -3.16. The van der Waals surface area contributed by atoms with Crippen LogP contribution in [0.2, 0.25) is 0 Å². The Morgan fingerprint density at radius 2 is 0.609 bits per heavy atom. The van der Waals surface area contributed by atoms with Gasteiger partial charge in [-0.25, -0.2) is 33.7 Å². The lowest BCUT2D eigenvalue weighted by atomic mass is 10.2. The van der Waals surface area contributed by atoms with Crippen LogP contribution in [-0.4, -0.2) is 109 Å². The quantitative estimate of drug-likeness (QED) is 0.0281. The van der Waals surface area contributed by atoms with Gasteiger partial charge in [0.15, 0.2) is 0 Å². The summed E-state index contributed by atoms with van der Waals surface area (Å²) in [5.41, 5.74) is 36.7. The van der Waals surface area contributed by atoms with Crippen molar-refractivity contribution in [1.29, 1.82) is 0 Å². The van der Waals surface area contributed by atoms with E-state index in [4.69, 9.17) is 0 Å². The highest BCUT2D eigenvalue weighted by Crippen LogP contribution is 2.38. The highest BCUT2D eigenvalue weighted by molar-refractivity contribution is 8.77. The molecule has 0 aliphatic heterocycles. The zero-order valence-corrected chi connectivity index (χ0v) is 29.4. The van der Waals surface area contributed by atoms with Crippen molar-refractivity contribution < 1.29 is 73.5 Å². The third kappa shape index (κ3) is 83.8. The van der Waals surface area contributed by atoms with Crippen molar-refractivity contribution in [2.45, 2.75) is 49.0 Å². The largest absolute Gasteiger partial charge is 0.748 e. The maximum absolute atomic E-state index is 10.8. The summed E-state index contributed by atoms with van der Waals surface area (Å²) in [5, 5.41) is 17.2. The smallest absolute Gasteiger partial charge is 0.336 e. The lowest BCUT2D eigenvalue weighted by Gasteiger charge is -2.22. The molecule has 30 heteroatoms. The van der Waals surface area contributed by atoms with Gasteiger partial charge in [-0.2, -0.15) is 0 Å². The van der Waals surface area contributed by atoms with E-state index in [0.29, 0.717) is 0 Å². The lowest BCUT2D eigenvalue weighted by molar-refractivity contribution is -0.117. The van der Waals surface area contributed by atoms with E-state index in [1.54, 1.807) is 0 Å². The van der Waals surface area contributed by atoms with Crippen LogP contribution in [0.3, 0.4) is 0 Å². The predicted octanol–water partition coefficient (Wildman–Crippen LogP) is -12.3. The Labute approximate surface area is 276 Å². The molecule has 0 amide bonds. The Bertz CT molecular complexity index is 1190. The van der Waals surface area contributed by atoms with Gasteiger partial charge in [0.2, 0.25) is 0 Å². The average molecular weight is 791 g/mol. The fourth-order valence-corrected chi connectivity index (χ4v) is 8.02. The first-order chi connectivity index (χ1) is 20.3. The highest BCUT2D eigenvalue weighted by atomic mass is 33.1. The van der Waals surface area contributed by atoms with E-state index in [0.717, 1.165) is 21.6 Å². The Kier molecular flexibility index (Phi) is 31.7. The summed E-state index contributed by atoms with van der Waals surface area (Å²) < 4.78 is 129. The summed E-state index contributed by atoms with van der Waals surface area (Å²) in [4.78, 5) is 0. The fraction of sp³-hybridized carbons (Fsp3) is 0.750. The predicted molar refractivity (Wildman–Crippen MR) is 170 cm³/mol. The first-order valence-electron chi connectivity index (χ1n) is 11.9. The molecular weight excluding hydrogens is 745 g/mol. The number of rotatable bonds is 17. The van der Waals surface area contributed by atoms with Crippen LogP contribution in [0, 0.1) is 0 Å². The Morgan fingerprint density at radius 1 is 0.435 bits per heavy atom. The summed E-state index contributed by atoms with van der Waals surface area (Å²) in [6.45, 7) is 0. The van der Waals surface area contributed by atoms with Crippen molar-refractivity contribution in [2.24, 2.45) is 45.9 Å². The number of guanidine groups is 4. The molecule has 0 rings (SSSR count). The van der Waals surface area contributed by atoms with Gasteiger partial charge < -0.3 is 18.2 Å². The van der Waals surface area contributed by atoms with Crippen LogP contribution in [-0.2, 0) is 40.5 Å². The van der Waals surface area contributed by atoms with Gasteiger partial charge >= 0.3 is 23.8 Å². The molecule has 0 saturated heterocycles. The molecule has 278 valence electrons. The Balaban J connectivity index is -0.000000287. The van der Waals surface area contributed by atoms with Gasteiger partial charge in [0, 0.05) is 33.5 Å². The molecule has 0 aromatic rings. The van der Waals surface area contributed by atoms with Crippen LogP contribution < -0.4 is 67.5 Å². The van der Waals surface area contributed by atoms with E-state index < -0.39 is 74.0 Å². The molecule has 0 aromatic carbocycles. The summed E-state index contributed by atoms with van der Waals surface area (Å²) in [6.07, 6.45) is -0.311. The second-order valence-corrected chi connectivity index (χ2v) is 17.3.